The van der Waals surface area contributed by atoms with E-state index in [4.69, 9.17) is 10.5 Å². The number of anilines is 3. The number of para-hydroxylation sites is 2. The number of carbonyl (C=O) groups excluding carboxylic acids is 2. The molecule has 3 aromatic rings. The van der Waals surface area contributed by atoms with Gasteiger partial charge in [-0.05, 0) is 30.3 Å². The summed E-state index contributed by atoms with van der Waals surface area (Å²) in [5, 5.41) is 4.87. The van der Waals surface area contributed by atoms with Gasteiger partial charge >= 0.3 is 0 Å². The Morgan fingerprint density at radius 3 is 2.35 bits per heavy atom. The molecule has 3 aromatic carbocycles. The lowest BCUT2D eigenvalue weighted by atomic mass is 9.93. The summed E-state index contributed by atoms with van der Waals surface area (Å²) in [6.45, 7) is 4.03. The first-order chi connectivity index (χ1) is 15.1. The van der Waals surface area contributed by atoms with Crippen LogP contribution >= 0.6 is 0 Å². The minimum atomic E-state index is -0.243. The minimum Gasteiger partial charge on any atom is -0.397 e. The number of carbonyl (C=O) groups is 2. The van der Waals surface area contributed by atoms with Crippen LogP contribution in [0.2, 0.25) is 0 Å². The topological polar surface area (TPSA) is 87.9 Å². The largest absolute Gasteiger partial charge is 0.397 e. The summed E-state index contributed by atoms with van der Waals surface area (Å²) < 4.78 is 5.38. The summed E-state index contributed by atoms with van der Waals surface area (Å²) >= 11 is 0. The first kappa shape index (κ1) is 19.5. The Bertz CT molecular complexity index is 1150. The van der Waals surface area contributed by atoms with Crippen molar-refractivity contribution in [2.75, 3.05) is 50.4 Å². The van der Waals surface area contributed by atoms with Crippen LogP contribution in [0.25, 0.3) is 10.8 Å². The molecule has 2 amide bonds. The molecule has 0 bridgehead atoms. The van der Waals surface area contributed by atoms with Crippen molar-refractivity contribution in [3.05, 3.63) is 65.7 Å². The molecule has 0 aliphatic carbocycles. The van der Waals surface area contributed by atoms with Crippen LogP contribution in [-0.2, 0) is 4.74 Å². The fraction of sp³-hybridized carbons (Fsp3) is 0.250. The van der Waals surface area contributed by atoms with Crippen molar-refractivity contribution >= 4 is 39.6 Å². The maximum Gasteiger partial charge on any atom is 0.261 e. The van der Waals surface area contributed by atoms with Gasteiger partial charge in [0.15, 0.2) is 0 Å². The second-order valence-corrected chi connectivity index (χ2v) is 7.82. The Balaban J connectivity index is 1.48. The van der Waals surface area contributed by atoms with Crippen LogP contribution in [0.3, 0.4) is 0 Å². The molecule has 0 spiro atoms. The van der Waals surface area contributed by atoms with E-state index in [0.717, 1.165) is 29.9 Å². The van der Waals surface area contributed by atoms with E-state index in [0.29, 0.717) is 48.5 Å². The lowest BCUT2D eigenvalue weighted by Gasteiger charge is -2.31. The normalized spacial score (nSPS) is 16.7. The van der Waals surface area contributed by atoms with Crippen LogP contribution in [0.4, 0.5) is 17.1 Å². The van der Waals surface area contributed by atoms with Crippen molar-refractivity contribution in [2.24, 2.45) is 0 Å². The lowest BCUT2D eigenvalue weighted by Crippen LogP contribution is -2.46. The van der Waals surface area contributed by atoms with E-state index >= 15 is 0 Å². The summed E-state index contributed by atoms with van der Waals surface area (Å²) in [5.74, 6) is -0.486. The molecule has 2 aliphatic rings. The Hall–Kier alpha value is -3.42. The quantitative estimate of drug-likeness (QED) is 0.491. The molecule has 5 rings (SSSR count). The van der Waals surface area contributed by atoms with Crippen LogP contribution in [0, 0.1) is 0 Å². The van der Waals surface area contributed by atoms with E-state index in [1.165, 1.54) is 4.90 Å². The van der Waals surface area contributed by atoms with Crippen LogP contribution < -0.4 is 11.1 Å². The maximum atomic E-state index is 13.2. The molecule has 7 nitrogen and oxygen atoms in total. The first-order valence-corrected chi connectivity index (χ1v) is 10.5. The highest BCUT2D eigenvalue weighted by atomic mass is 16.5. The fourth-order valence-corrected chi connectivity index (χ4v) is 4.28. The fourth-order valence-electron chi connectivity index (χ4n) is 4.28. The van der Waals surface area contributed by atoms with E-state index in [9.17, 15) is 9.59 Å². The number of amides is 2. The SMILES string of the molecule is Nc1ccccc1Nc1ccc2c3c(cccc13)C(=O)N(CCN1CCOCC1)C2=O. The molecule has 1 saturated heterocycles. The zero-order chi connectivity index (χ0) is 21.4. The number of nitrogens with one attached hydrogen (secondary N) is 1. The Labute approximate surface area is 180 Å². The third-order valence-corrected chi connectivity index (χ3v) is 5.97. The standard InChI is InChI=1S/C24H24N4O3/c25-19-6-1-2-7-21(19)26-20-9-8-18-22-16(20)4-3-5-17(22)23(29)28(24(18)30)11-10-27-12-14-31-15-13-27/h1-9,26H,10-15,25H2. The molecule has 2 heterocycles. The molecular formula is C24H24N4O3. The van der Waals surface area contributed by atoms with Gasteiger partial charge in [-0.3, -0.25) is 19.4 Å². The van der Waals surface area contributed by atoms with Gasteiger partial charge in [-0.1, -0.05) is 24.3 Å². The Kier molecular flexibility index (Phi) is 5.05. The number of hydrogen-bond donors (Lipinski definition) is 2. The second kappa shape index (κ2) is 8.02. The zero-order valence-electron chi connectivity index (χ0n) is 17.1. The van der Waals surface area contributed by atoms with Gasteiger partial charge in [0.25, 0.3) is 11.8 Å². The van der Waals surface area contributed by atoms with Crippen molar-refractivity contribution in [1.82, 2.24) is 9.80 Å². The van der Waals surface area contributed by atoms with E-state index in [-0.39, 0.29) is 11.8 Å². The second-order valence-electron chi connectivity index (χ2n) is 7.82. The third-order valence-electron chi connectivity index (χ3n) is 5.97. The van der Waals surface area contributed by atoms with Gasteiger partial charge in [-0.25, -0.2) is 0 Å². The van der Waals surface area contributed by atoms with Gasteiger partial charge in [-0.15, -0.1) is 0 Å². The lowest BCUT2D eigenvalue weighted by molar-refractivity contribution is 0.0316. The predicted octanol–water partition coefficient (Wildman–Crippen LogP) is 3.09. The number of ether oxygens (including phenoxy) is 1. The molecule has 0 aromatic heterocycles. The molecule has 1 fully saturated rings. The van der Waals surface area contributed by atoms with Crippen molar-refractivity contribution in [1.29, 1.82) is 0 Å². The van der Waals surface area contributed by atoms with Crippen molar-refractivity contribution < 1.29 is 14.3 Å². The minimum absolute atomic E-state index is 0.243. The van der Waals surface area contributed by atoms with Gasteiger partial charge in [0.05, 0.1) is 24.6 Å². The maximum absolute atomic E-state index is 13.2. The van der Waals surface area contributed by atoms with Gasteiger partial charge in [0.2, 0.25) is 0 Å². The zero-order valence-corrected chi connectivity index (χ0v) is 17.1. The smallest absolute Gasteiger partial charge is 0.261 e. The number of imide groups is 1. The molecular weight excluding hydrogens is 392 g/mol. The summed E-state index contributed by atoms with van der Waals surface area (Å²) in [5.41, 5.74) is 9.40. The van der Waals surface area contributed by atoms with E-state index in [2.05, 4.69) is 10.2 Å². The van der Waals surface area contributed by atoms with Crippen molar-refractivity contribution in [2.45, 2.75) is 0 Å². The van der Waals surface area contributed by atoms with E-state index in [1.54, 1.807) is 12.1 Å². The molecule has 2 aliphatic heterocycles. The molecule has 0 unspecified atom stereocenters. The van der Waals surface area contributed by atoms with Gasteiger partial charge < -0.3 is 15.8 Å². The molecule has 0 radical (unpaired) electrons. The van der Waals surface area contributed by atoms with Gasteiger partial charge in [0, 0.05) is 53.8 Å². The third kappa shape index (κ3) is 3.52. The number of nitrogens with zero attached hydrogens (tertiary/aromatic N) is 2. The summed E-state index contributed by atoms with van der Waals surface area (Å²) in [6, 6.07) is 16.8. The van der Waals surface area contributed by atoms with Gasteiger partial charge in [0.1, 0.15) is 0 Å². The molecule has 31 heavy (non-hydrogen) atoms. The highest BCUT2D eigenvalue weighted by molar-refractivity contribution is 6.26. The molecule has 3 N–H and O–H groups in total. The Morgan fingerprint density at radius 2 is 1.58 bits per heavy atom. The van der Waals surface area contributed by atoms with Crippen LogP contribution in [0.5, 0.6) is 0 Å². The average molecular weight is 416 g/mol. The van der Waals surface area contributed by atoms with Crippen LogP contribution in [0.15, 0.2) is 54.6 Å². The highest BCUT2D eigenvalue weighted by Gasteiger charge is 2.33. The molecule has 0 saturated carbocycles. The number of morpholine rings is 1. The monoisotopic (exact) mass is 416 g/mol. The summed E-state index contributed by atoms with van der Waals surface area (Å²) in [7, 11) is 0. The van der Waals surface area contributed by atoms with Gasteiger partial charge in [-0.2, -0.15) is 0 Å². The number of rotatable bonds is 5. The van der Waals surface area contributed by atoms with Crippen molar-refractivity contribution in [3.63, 3.8) is 0 Å². The van der Waals surface area contributed by atoms with E-state index < -0.39 is 0 Å². The molecule has 0 atom stereocenters. The number of hydrogen-bond acceptors (Lipinski definition) is 6. The summed E-state index contributed by atoms with van der Waals surface area (Å²) in [4.78, 5) is 30.1. The highest BCUT2D eigenvalue weighted by Crippen LogP contribution is 2.36. The molecule has 158 valence electrons. The van der Waals surface area contributed by atoms with Crippen molar-refractivity contribution in [3.8, 4) is 0 Å². The Morgan fingerprint density at radius 1 is 0.839 bits per heavy atom. The molecule has 7 heteroatoms. The number of benzene rings is 3. The number of nitrogens with two attached hydrogens (primary N) is 1. The average Bonchev–Trinajstić information content (AvgIpc) is 2.80. The predicted molar refractivity (Wildman–Crippen MR) is 121 cm³/mol. The van der Waals surface area contributed by atoms with Crippen LogP contribution in [-0.4, -0.2) is 61.0 Å². The first-order valence-electron chi connectivity index (χ1n) is 10.5. The van der Waals surface area contributed by atoms with E-state index in [1.807, 2.05) is 42.5 Å². The number of nitrogen functional groups attached to an aromatic ring is 1. The van der Waals surface area contributed by atoms with Crippen LogP contribution in [0.1, 0.15) is 20.7 Å². The summed E-state index contributed by atoms with van der Waals surface area (Å²) in [6.07, 6.45) is 0.